The summed E-state index contributed by atoms with van der Waals surface area (Å²) in [4.78, 5) is 2.12. The van der Waals surface area contributed by atoms with Crippen LogP contribution < -0.4 is 0 Å². The predicted molar refractivity (Wildman–Crippen MR) is 111 cm³/mol. The van der Waals surface area contributed by atoms with E-state index in [4.69, 9.17) is 0 Å². The maximum absolute atomic E-state index is 14.1. The standard InChI is InChI=1S/C20H29F2NP2/c1-13(2)7-8-23-12-17(9-14(23)3)15-5-6-16(19(24)25)11-18(10-15)20(4,21)22/h7-8,10-11,16-17,19H,1,3,5-6,9,12,24-25H2,2,4H3/b8-7+. The van der Waals surface area contributed by atoms with E-state index in [0.29, 0.717) is 0 Å². The second-order valence-corrected chi connectivity index (χ2v) is 9.60. The third kappa shape index (κ3) is 5.60. The van der Waals surface area contributed by atoms with Gasteiger partial charge in [-0.3, -0.25) is 0 Å². The number of allylic oxidation sites excluding steroid dienone is 6. The van der Waals surface area contributed by atoms with E-state index in [-0.39, 0.29) is 22.8 Å². The van der Waals surface area contributed by atoms with Gasteiger partial charge in [-0.1, -0.05) is 36.5 Å². The van der Waals surface area contributed by atoms with E-state index >= 15 is 0 Å². The molecule has 2 aliphatic rings. The van der Waals surface area contributed by atoms with Crippen LogP contribution in [-0.4, -0.2) is 22.8 Å². The Labute approximate surface area is 155 Å². The van der Waals surface area contributed by atoms with E-state index in [0.717, 1.165) is 49.6 Å². The van der Waals surface area contributed by atoms with Gasteiger partial charge in [0, 0.05) is 36.9 Å². The summed E-state index contributed by atoms with van der Waals surface area (Å²) in [6, 6.07) is 0. The number of hydrogen-bond acceptors (Lipinski definition) is 1. The fourth-order valence-corrected chi connectivity index (χ4v) is 3.94. The number of halogens is 2. The number of nitrogens with zero attached hydrogens (tertiary/aromatic N) is 1. The van der Waals surface area contributed by atoms with E-state index < -0.39 is 5.92 Å². The summed E-state index contributed by atoms with van der Waals surface area (Å²) in [6.45, 7) is 11.8. The van der Waals surface area contributed by atoms with Crippen LogP contribution >= 0.6 is 18.5 Å². The molecular weight excluding hydrogens is 354 g/mol. The van der Waals surface area contributed by atoms with Crippen LogP contribution in [0, 0.1) is 11.8 Å². The van der Waals surface area contributed by atoms with E-state index in [1.165, 1.54) is 0 Å². The number of likely N-dealkylation sites (tertiary alicyclic amines) is 1. The minimum atomic E-state index is -2.81. The third-order valence-corrected chi connectivity index (χ3v) is 5.86. The van der Waals surface area contributed by atoms with Crippen LogP contribution in [0.3, 0.4) is 0 Å². The van der Waals surface area contributed by atoms with Gasteiger partial charge in [-0.15, -0.1) is 18.5 Å². The van der Waals surface area contributed by atoms with Crippen LogP contribution in [0.25, 0.3) is 0 Å². The molecule has 0 spiro atoms. The monoisotopic (exact) mass is 383 g/mol. The molecule has 138 valence electrons. The molecule has 0 aromatic carbocycles. The largest absolute Gasteiger partial charge is 0.351 e. The van der Waals surface area contributed by atoms with Gasteiger partial charge in [-0.2, -0.15) is 0 Å². The van der Waals surface area contributed by atoms with Gasteiger partial charge in [-0.25, -0.2) is 8.78 Å². The lowest BCUT2D eigenvalue weighted by molar-refractivity contribution is 0.0667. The number of hydrogen-bond donors (Lipinski definition) is 0. The first-order chi connectivity index (χ1) is 11.6. The van der Waals surface area contributed by atoms with Crippen molar-refractivity contribution in [1.29, 1.82) is 0 Å². The second kappa shape index (κ2) is 8.28. The molecule has 0 aromatic rings. The van der Waals surface area contributed by atoms with Gasteiger partial charge >= 0.3 is 0 Å². The van der Waals surface area contributed by atoms with E-state index in [1.54, 1.807) is 12.2 Å². The van der Waals surface area contributed by atoms with Crippen LogP contribution in [0.5, 0.6) is 0 Å². The lowest BCUT2D eigenvalue weighted by Gasteiger charge is -2.18. The van der Waals surface area contributed by atoms with Crippen molar-refractivity contribution in [2.75, 3.05) is 6.54 Å². The molecule has 0 radical (unpaired) electrons. The quantitative estimate of drug-likeness (QED) is 0.422. The minimum absolute atomic E-state index is 0.133. The second-order valence-electron chi connectivity index (χ2n) is 7.29. The Hall–Kier alpha value is -0.780. The molecule has 0 bridgehead atoms. The van der Waals surface area contributed by atoms with Crippen LogP contribution in [0.4, 0.5) is 8.78 Å². The minimum Gasteiger partial charge on any atom is -0.351 e. The van der Waals surface area contributed by atoms with Crippen molar-refractivity contribution in [2.24, 2.45) is 11.8 Å². The van der Waals surface area contributed by atoms with Crippen molar-refractivity contribution in [2.45, 2.75) is 44.4 Å². The Morgan fingerprint density at radius 3 is 2.68 bits per heavy atom. The van der Waals surface area contributed by atoms with Crippen LogP contribution in [0.1, 0.15) is 33.1 Å². The first-order valence-electron chi connectivity index (χ1n) is 8.67. The highest BCUT2D eigenvalue weighted by atomic mass is 31.1. The van der Waals surface area contributed by atoms with Crippen LogP contribution in [-0.2, 0) is 0 Å². The maximum Gasteiger partial charge on any atom is 0.270 e. The first kappa shape index (κ1) is 20.5. The summed E-state index contributed by atoms with van der Waals surface area (Å²) in [7, 11) is 5.44. The Morgan fingerprint density at radius 1 is 1.44 bits per heavy atom. The SMILES string of the molecule is C=C(C)/C=C/N1CC(C2=CC(C(C)(F)F)=CC(C(P)P)CC2)CC1=C. The van der Waals surface area contributed by atoms with Gasteiger partial charge < -0.3 is 4.90 Å². The first-order valence-corrected chi connectivity index (χ1v) is 10.0. The normalized spacial score (nSPS) is 25.4. The Morgan fingerprint density at radius 2 is 2.12 bits per heavy atom. The Bertz CT molecular complexity index is 626. The molecule has 1 aliphatic carbocycles. The lowest BCUT2D eigenvalue weighted by atomic mass is 9.91. The predicted octanol–water partition coefficient (Wildman–Crippen LogP) is 5.91. The van der Waals surface area contributed by atoms with Gasteiger partial charge in [0.2, 0.25) is 0 Å². The molecule has 1 aliphatic heterocycles. The highest BCUT2D eigenvalue weighted by Gasteiger charge is 2.33. The average Bonchev–Trinajstić information content (AvgIpc) is 2.71. The van der Waals surface area contributed by atoms with Gasteiger partial charge in [-0.05, 0) is 43.6 Å². The molecule has 5 heteroatoms. The van der Waals surface area contributed by atoms with E-state index in [9.17, 15) is 8.78 Å². The Kier molecular flexibility index (Phi) is 6.80. The molecule has 0 amide bonds. The number of rotatable bonds is 5. The number of alkyl halides is 2. The Balaban J connectivity index is 2.22. The molecule has 25 heavy (non-hydrogen) atoms. The van der Waals surface area contributed by atoms with Crippen molar-refractivity contribution in [1.82, 2.24) is 4.90 Å². The third-order valence-electron chi connectivity index (χ3n) is 4.87. The zero-order valence-corrected chi connectivity index (χ0v) is 17.5. The summed E-state index contributed by atoms with van der Waals surface area (Å²) >= 11 is 0. The van der Waals surface area contributed by atoms with Gasteiger partial charge in [0.1, 0.15) is 0 Å². The molecule has 2 rings (SSSR count). The summed E-state index contributed by atoms with van der Waals surface area (Å²) in [5.74, 6) is -2.43. The van der Waals surface area contributed by atoms with Crippen LogP contribution in [0.2, 0.25) is 0 Å². The summed E-state index contributed by atoms with van der Waals surface area (Å²) < 4.78 is 28.1. The summed E-state index contributed by atoms with van der Waals surface area (Å²) in [5, 5.41) is 0.207. The highest BCUT2D eigenvalue weighted by Crippen LogP contribution is 2.40. The fraction of sp³-hybridized carbons (Fsp3) is 0.500. The summed E-state index contributed by atoms with van der Waals surface area (Å²) in [5.41, 5.74) is 3.29. The molecule has 1 fully saturated rings. The fourth-order valence-electron chi connectivity index (χ4n) is 3.33. The molecule has 0 aromatic heterocycles. The highest BCUT2D eigenvalue weighted by molar-refractivity contribution is 7.37. The molecule has 0 saturated carbocycles. The maximum atomic E-state index is 14.1. The summed E-state index contributed by atoms with van der Waals surface area (Å²) in [6.07, 6.45) is 10.1. The zero-order chi connectivity index (χ0) is 18.8. The topological polar surface area (TPSA) is 3.24 Å². The zero-order valence-electron chi connectivity index (χ0n) is 15.1. The molecular formula is C20H29F2NP2. The molecule has 1 heterocycles. The molecule has 4 atom stereocenters. The lowest BCUT2D eigenvalue weighted by Crippen LogP contribution is -2.16. The smallest absolute Gasteiger partial charge is 0.270 e. The van der Waals surface area contributed by atoms with Gasteiger partial charge in [0.05, 0.1) is 0 Å². The molecule has 0 N–H and O–H groups in total. The average molecular weight is 383 g/mol. The van der Waals surface area contributed by atoms with Crippen LogP contribution in [0.15, 0.2) is 60.0 Å². The van der Waals surface area contributed by atoms with Crippen molar-refractivity contribution >= 4 is 18.5 Å². The van der Waals surface area contributed by atoms with Gasteiger partial charge in [0.15, 0.2) is 0 Å². The van der Waals surface area contributed by atoms with Crippen molar-refractivity contribution < 1.29 is 8.78 Å². The van der Waals surface area contributed by atoms with E-state index in [1.807, 2.05) is 19.2 Å². The van der Waals surface area contributed by atoms with Crippen molar-refractivity contribution in [3.8, 4) is 0 Å². The van der Waals surface area contributed by atoms with E-state index in [2.05, 4.69) is 36.5 Å². The van der Waals surface area contributed by atoms with Crippen molar-refractivity contribution in [3.05, 3.63) is 60.0 Å². The van der Waals surface area contributed by atoms with Gasteiger partial charge in [0.25, 0.3) is 5.92 Å². The molecule has 1 nitrogen and oxygen atoms in total. The molecule has 1 saturated heterocycles. The molecule has 4 unspecified atom stereocenters. The van der Waals surface area contributed by atoms with Crippen molar-refractivity contribution in [3.63, 3.8) is 0 Å².